The van der Waals surface area contributed by atoms with Gasteiger partial charge < -0.3 is 14.5 Å². The van der Waals surface area contributed by atoms with E-state index in [1.54, 1.807) is 24.2 Å². The van der Waals surface area contributed by atoms with Crippen LogP contribution in [0, 0.1) is 0 Å². The zero-order chi connectivity index (χ0) is 13.5. The number of aromatic nitrogens is 3. The number of nitrogens with one attached hydrogen (secondary N) is 1. The Kier molecular flexibility index (Phi) is 5.11. The van der Waals surface area contributed by atoms with Crippen LogP contribution in [-0.2, 0) is 18.2 Å². The van der Waals surface area contributed by atoms with Crippen molar-refractivity contribution in [1.29, 1.82) is 0 Å². The van der Waals surface area contributed by atoms with E-state index in [1.165, 1.54) is 0 Å². The van der Waals surface area contributed by atoms with Gasteiger partial charge in [-0.05, 0) is 19.0 Å². The Morgan fingerprint density at radius 3 is 3.05 bits per heavy atom. The average Bonchev–Trinajstić information content (AvgIpc) is 3.02. The molecular weight excluding hydrogens is 244 g/mol. The lowest BCUT2D eigenvalue weighted by Gasteiger charge is -2.02. The van der Waals surface area contributed by atoms with Gasteiger partial charge in [-0.1, -0.05) is 0 Å². The maximum atomic E-state index is 5.71. The molecule has 0 saturated carbocycles. The van der Waals surface area contributed by atoms with Crippen LogP contribution in [0.3, 0.4) is 0 Å². The Morgan fingerprint density at radius 2 is 2.32 bits per heavy atom. The smallest absolute Gasteiger partial charge is 0.195 e. The van der Waals surface area contributed by atoms with Gasteiger partial charge in [0, 0.05) is 33.3 Å². The maximum Gasteiger partial charge on any atom is 0.195 e. The summed E-state index contributed by atoms with van der Waals surface area (Å²) in [5.41, 5.74) is 0.942. The van der Waals surface area contributed by atoms with Crippen LogP contribution in [0.5, 0.6) is 0 Å². The zero-order valence-electron chi connectivity index (χ0n) is 11.4. The van der Waals surface area contributed by atoms with E-state index in [0.29, 0.717) is 0 Å². The molecule has 6 heteroatoms. The largest absolute Gasteiger partial charge is 0.439 e. The Hall–Kier alpha value is -1.66. The van der Waals surface area contributed by atoms with Crippen molar-refractivity contribution in [3.63, 3.8) is 0 Å². The van der Waals surface area contributed by atoms with Gasteiger partial charge in [0.05, 0.1) is 12.8 Å². The van der Waals surface area contributed by atoms with E-state index in [1.807, 2.05) is 13.1 Å². The summed E-state index contributed by atoms with van der Waals surface area (Å²) in [5, 5.41) is 7.40. The second kappa shape index (κ2) is 7.06. The molecule has 0 aromatic carbocycles. The Bertz CT molecular complexity index is 492. The van der Waals surface area contributed by atoms with E-state index in [0.717, 1.165) is 49.9 Å². The first-order chi connectivity index (χ1) is 9.31. The fourth-order valence-electron chi connectivity index (χ4n) is 1.82. The van der Waals surface area contributed by atoms with Crippen LogP contribution in [-0.4, -0.2) is 41.6 Å². The molecule has 19 heavy (non-hydrogen) atoms. The lowest BCUT2D eigenvalue weighted by Crippen LogP contribution is -2.20. The normalized spacial score (nSPS) is 11.1. The number of methoxy groups -OCH3 is 1. The second-order valence-corrected chi connectivity index (χ2v) is 4.30. The van der Waals surface area contributed by atoms with Gasteiger partial charge >= 0.3 is 0 Å². The van der Waals surface area contributed by atoms with Crippen molar-refractivity contribution in [3.05, 3.63) is 24.4 Å². The van der Waals surface area contributed by atoms with Crippen molar-refractivity contribution in [2.24, 2.45) is 7.05 Å². The molecule has 0 fully saturated rings. The number of hydrogen-bond donors (Lipinski definition) is 1. The molecule has 0 aliphatic rings. The molecule has 2 rings (SSSR count). The topological polar surface area (TPSA) is 65.1 Å². The molecule has 0 atom stereocenters. The van der Waals surface area contributed by atoms with Gasteiger partial charge in [-0.2, -0.15) is 5.10 Å². The summed E-state index contributed by atoms with van der Waals surface area (Å²) >= 11 is 0. The molecule has 104 valence electrons. The average molecular weight is 264 g/mol. The monoisotopic (exact) mass is 264 g/mol. The minimum absolute atomic E-state index is 0.740. The summed E-state index contributed by atoms with van der Waals surface area (Å²) in [4.78, 5) is 4.29. The SMILES string of the molecule is COCCNCCCc1ncc(-c2ccnn2C)o1. The molecule has 0 spiro atoms. The lowest BCUT2D eigenvalue weighted by molar-refractivity contribution is 0.199. The second-order valence-electron chi connectivity index (χ2n) is 4.30. The molecule has 1 N–H and O–H groups in total. The standard InChI is InChI=1S/C13H20N4O2/c1-17-11(5-7-16-17)12-10-15-13(19-12)4-3-6-14-8-9-18-2/h5,7,10,14H,3-4,6,8-9H2,1-2H3. The summed E-state index contributed by atoms with van der Waals surface area (Å²) in [6, 6.07) is 1.91. The third kappa shape index (κ3) is 3.90. The highest BCUT2D eigenvalue weighted by atomic mass is 16.5. The summed E-state index contributed by atoms with van der Waals surface area (Å²) in [5.74, 6) is 1.53. The minimum Gasteiger partial charge on any atom is -0.439 e. The van der Waals surface area contributed by atoms with Crippen molar-refractivity contribution in [2.45, 2.75) is 12.8 Å². The van der Waals surface area contributed by atoms with E-state index < -0.39 is 0 Å². The molecule has 0 unspecified atom stereocenters. The predicted octanol–water partition coefficient (Wildman–Crippen LogP) is 1.24. The number of rotatable bonds is 8. The molecule has 2 heterocycles. The minimum atomic E-state index is 0.740. The van der Waals surface area contributed by atoms with Gasteiger partial charge in [-0.15, -0.1) is 0 Å². The van der Waals surface area contributed by atoms with Crippen LogP contribution in [0.2, 0.25) is 0 Å². The highest BCUT2D eigenvalue weighted by Crippen LogP contribution is 2.19. The first-order valence-corrected chi connectivity index (χ1v) is 6.44. The van der Waals surface area contributed by atoms with Crippen LogP contribution < -0.4 is 5.32 Å². The van der Waals surface area contributed by atoms with Crippen molar-refractivity contribution < 1.29 is 9.15 Å². The summed E-state index contributed by atoms with van der Waals surface area (Å²) in [7, 11) is 3.59. The Morgan fingerprint density at radius 1 is 1.42 bits per heavy atom. The third-order valence-electron chi connectivity index (χ3n) is 2.85. The molecule has 2 aromatic rings. The Balaban J connectivity index is 1.77. The van der Waals surface area contributed by atoms with E-state index in [9.17, 15) is 0 Å². The Labute approximate surface area is 112 Å². The number of nitrogens with zero attached hydrogens (tertiary/aromatic N) is 3. The van der Waals surface area contributed by atoms with Crippen LogP contribution >= 0.6 is 0 Å². The molecule has 0 aliphatic carbocycles. The first kappa shape index (κ1) is 13.8. The highest BCUT2D eigenvalue weighted by Gasteiger charge is 2.09. The van der Waals surface area contributed by atoms with Crippen LogP contribution in [0.4, 0.5) is 0 Å². The summed E-state index contributed by atoms with van der Waals surface area (Å²) < 4.78 is 12.4. The van der Waals surface area contributed by atoms with E-state index in [-0.39, 0.29) is 0 Å². The fraction of sp³-hybridized carbons (Fsp3) is 0.538. The highest BCUT2D eigenvalue weighted by molar-refractivity contribution is 5.50. The van der Waals surface area contributed by atoms with E-state index in [2.05, 4.69) is 15.4 Å². The number of aryl methyl sites for hydroxylation is 2. The van der Waals surface area contributed by atoms with Crippen molar-refractivity contribution in [3.8, 4) is 11.5 Å². The molecule has 0 radical (unpaired) electrons. The molecule has 2 aromatic heterocycles. The van der Waals surface area contributed by atoms with Gasteiger partial charge in [0.2, 0.25) is 0 Å². The van der Waals surface area contributed by atoms with Crippen molar-refractivity contribution in [2.75, 3.05) is 26.8 Å². The number of oxazole rings is 1. The molecule has 0 saturated heterocycles. The first-order valence-electron chi connectivity index (χ1n) is 6.44. The van der Waals surface area contributed by atoms with Crippen LogP contribution in [0.1, 0.15) is 12.3 Å². The molecule has 0 aliphatic heterocycles. The van der Waals surface area contributed by atoms with Gasteiger partial charge in [-0.3, -0.25) is 4.68 Å². The number of hydrogen-bond acceptors (Lipinski definition) is 5. The summed E-state index contributed by atoms with van der Waals surface area (Å²) in [6.45, 7) is 2.55. The predicted molar refractivity (Wildman–Crippen MR) is 71.8 cm³/mol. The van der Waals surface area contributed by atoms with Crippen LogP contribution in [0.25, 0.3) is 11.5 Å². The maximum absolute atomic E-state index is 5.71. The van der Waals surface area contributed by atoms with Gasteiger partial charge in [0.25, 0.3) is 0 Å². The molecule has 0 bridgehead atoms. The molecule has 6 nitrogen and oxygen atoms in total. The fourth-order valence-corrected chi connectivity index (χ4v) is 1.82. The van der Waals surface area contributed by atoms with Crippen LogP contribution in [0.15, 0.2) is 22.9 Å². The van der Waals surface area contributed by atoms with E-state index in [4.69, 9.17) is 9.15 Å². The molecular formula is C13H20N4O2. The van der Waals surface area contributed by atoms with Gasteiger partial charge in [0.1, 0.15) is 5.69 Å². The van der Waals surface area contributed by atoms with Gasteiger partial charge in [-0.25, -0.2) is 4.98 Å². The van der Waals surface area contributed by atoms with Crippen molar-refractivity contribution in [1.82, 2.24) is 20.1 Å². The quantitative estimate of drug-likeness (QED) is 0.727. The van der Waals surface area contributed by atoms with Gasteiger partial charge in [0.15, 0.2) is 11.7 Å². The zero-order valence-corrected chi connectivity index (χ0v) is 11.4. The molecule has 0 amide bonds. The number of ether oxygens (including phenoxy) is 1. The van der Waals surface area contributed by atoms with E-state index >= 15 is 0 Å². The lowest BCUT2D eigenvalue weighted by atomic mass is 10.3. The third-order valence-corrected chi connectivity index (χ3v) is 2.85. The summed E-state index contributed by atoms with van der Waals surface area (Å²) in [6.07, 6.45) is 5.33. The van der Waals surface area contributed by atoms with Crippen molar-refractivity contribution >= 4 is 0 Å².